The molecule has 0 saturated heterocycles. The Labute approximate surface area is 107 Å². The maximum Gasteiger partial charge on any atom is 0.409 e. The number of amides is 1. The fourth-order valence-electron chi connectivity index (χ4n) is 1.36. The van der Waals surface area contributed by atoms with Crippen LogP contribution in [0.2, 0.25) is 0 Å². The third-order valence-electron chi connectivity index (χ3n) is 2.51. The lowest BCUT2D eigenvalue weighted by atomic mass is 10.4. The van der Waals surface area contributed by atoms with Crippen molar-refractivity contribution in [1.82, 2.24) is 9.88 Å². The number of aromatic nitrogens is 1. The molecule has 100 valence electrons. The van der Waals surface area contributed by atoms with Crippen LogP contribution in [0.1, 0.15) is 6.92 Å². The van der Waals surface area contributed by atoms with Crippen LogP contribution >= 0.6 is 0 Å². The average Bonchev–Trinajstić information content (AvgIpc) is 2.36. The Balaban J connectivity index is 2.43. The standard InChI is InChI=1S/C12H20N4O2/c1-4-18-12(17)16(3)8-7-15(2)11-6-5-10(13)9-14-11/h5-6,9H,4,7-8,13H2,1-3H3. The summed E-state index contributed by atoms with van der Waals surface area (Å²) in [5, 5.41) is 0. The van der Waals surface area contributed by atoms with Gasteiger partial charge in [-0.1, -0.05) is 0 Å². The Morgan fingerprint density at radius 1 is 1.39 bits per heavy atom. The smallest absolute Gasteiger partial charge is 0.409 e. The molecular weight excluding hydrogens is 232 g/mol. The van der Waals surface area contributed by atoms with Crippen LogP contribution < -0.4 is 10.6 Å². The van der Waals surface area contributed by atoms with Gasteiger partial charge in [-0.05, 0) is 19.1 Å². The van der Waals surface area contributed by atoms with E-state index in [1.807, 2.05) is 18.0 Å². The SMILES string of the molecule is CCOC(=O)N(C)CCN(C)c1ccc(N)cn1. The van der Waals surface area contributed by atoms with Gasteiger partial charge in [-0.2, -0.15) is 0 Å². The van der Waals surface area contributed by atoms with Crippen molar-refractivity contribution in [2.24, 2.45) is 0 Å². The number of likely N-dealkylation sites (N-methyl/N-ethyl adjacent to an activating group) is 2. The van der Waals surface area contributed by atoms with E-state index in [0.717, 1.165) is 5.82 Å². The highest BCUT2D eigenvalue weighted by atomic mass is 16.5. The van der Waals surface area contributed by atoms with E-state index in [9.17, 15) is 4.79 Å². The first-order valence-electron chi connectivity index (χ1n) is 5.85. The summed E-state index contributed by atoms with van der Waals surface area (Å²) < 4.78 is 4.89. The van der Waals surface area contributed by atoms with Crippen molar-refractivity contribution in [3.8, 4) is 0 Å². The summed E-state index contributed by atoms with van der Waals surface area (Å²) in [6.07, 6.45) is 1.30. The minimum Gasteiger partial charge on any atom is -0.450 e. The number of pyridine rings is 1. The van der Waals surface area contributed by atoms with Crippen LogP contribution in [0.4, 0.5) is 16.3 Å². The van der Waals surface area contributed by atoms with Crippen LogP contribution in [0, 0.1) is 0 Å². The number of hydrogen-bond acceptors (Lipinski definition) is 5. The molecule has 0 aromatic carbocycles. The highest BCUT2D eigenvalue weighted by molar-refractivity contribution is 5.67. The minimum absolute atomic E-state index is 0.309. The summed E-state index contributed by atoms with van der Waals surface area (Å²) in [5.41, 5.74) is 6.21. The topological polar surface area (TPSA) is 71.7 Å². The normalized spacial score (nSPS) is 9.94. The molecule has 6 heteroatoms. The van der Waals surface area contributed by atoms with Gasteiger partial charge < -0.3 is 20.3 Å². The predicted molar refractivity (Wildman–Crippen MR) is 71.6 cm³/mol. The van der Waals surface area contributed by atoms with Crippen molar-refractivity contribution < 1.29 is 9.53 Å². The molecule has 1 aromatic rings. The Bertz CT molecular complexity index is 380. The Hall–Kier alpha value is -1.98. The van der Waals surface area contributed by atoms with Crippen LogP contribution in [-0.2, 0) is 4.74 Å². The first-order chi connectivity index (χ1) is 8.54. The summed E-state index contributed by atoms with van der Waals surface area (Å²) in [6.45, 7) is 3.42. The molecule has 0 aliphatic carbocycles. The van der Waals surface area contributed by atoms with Gasteiger partial charge in [0, 0.05) is 27.2 Å². The fraction of sp³-hybridized carbons (Fsp3) is 0.500. The molecule has 1 amide bonds. The maximum atomic E-state index is 11.4. The highest BCUT2D eigenvalue weighted by Crippen LogP contribution is 2.10. The first-order valence-corrected chi connectivity index (χ1v) is 5.85. The number of nitrogens with zero attached hydrogens (tertiary/aromatic N) is 3. The van der Waals surface area contributed by atoms with Gasteiger partial charge in [0.1, 0.15) is 5.82 Å². The number of rotatable bonds is 5. The number of hydrogen-bond donors (Lipinski definition) is 1. The summed E-state index contributed by atoms with van der Waals surface area (Å²) in [6, 6.07) is 3.65. The third kappa shape index (κ3) is 4.12. The van der Waals surface area contributed by atoms with Gasteiger partial charge in [-0.15, -0.1) is 0 Å². The van der Waals surface area contributed by atoms with Crippen molar-refractivity contribution in [3.05, 3.63) is 18.3 Å². The Morgan fingerprint density at radius 3 is 2.67 bits per heavy atom. The number of anilines is 2. The molecule has 0 radical (unpaired) electrons. The summed E-state index contributed by atoms with van der Waals surface area (Å²) in [5.74, 6) is 0.821. The molecule has 0 bridgehead atoms. The monoisotopic (exact) mass is 252 g/mol. The van der Waals surface area contributed by atoms with Crippen LogP contribution in [0.15, 0.2) is 18.3 Å². The highest BCUT2D eigenvalue weighted by Gasteiger charge is 2.10. The van der Waals surface area contributed by atoms with Gasteiger partial charge >= 0.3 is 6.09 Å². The van der Waals surface area contributed by atoms with Crippen molar-refractivity contribution in [1.29, 1.82) is 0 Å². The van der Waals surface area contributed by atoms with Gasteiger partial charge in [0.15, 0.2) is 0 Å². The van der Waals surface area contributed by atoms with E-state index in [2.05, 4.69) is 4.98 Å². The van der Waals surface area contributed by atoms with E-state index in [4.69, 9.17) is 10.5 Å². The molecule has 0 fully saturated rings. The molecule has 6 nitrogen and oxygen atoms in total. The predicted octanol–water partition coefficient (Wildman–Crippen LogP) is 1.19. The molecule has 1 heterocycles. The van der Waals surface area contributed by atoms with E-state index in [1.54, 1.807) is 26.2 Å². The number of nitrogens with two attached hydrogens (primary N) is 1. The van der Waals surface area contributed by atoms with E-state index >= 15 is 0 Å². The van der Waals surface area contributed by atoms with E-state index in [1.165, 1.54) is 4.90 Å². The van der Waals surface area contributed by atoms with E-state index in [-0.39, 0.29) is 6.09 Å². The maximum absolute atomic E-state index is 11.4. The lowest BCUT2D eigenvalue weighted by Gasteiger charge is -2.22. The molecule has 2 N–H and O–H groups in total. The number of carbonyl (C=O) groups is 1. The van der Waals surface area contributed by atoms with Gasteiger partial charge in [0.05, 0.1) is 18.5 Å². The van der Waals surface area contributed by atoms with Crippen molar-refractivity contribution in [3.63, 3.8) is 0 Å². The second-order valence-electron chi connectivity index (χ2n) is 3.99. The second kappa shape index (κ2) is 6.68. The Kier molecular flexibility index (Phi) is 5.23. The summed E-state index contributed by atoms with van der Waals surface area (Å²) in [7, 11) is 3.62. The first kappa shape index (κ1) is 14.1. The van der Waals surface area contributed by atoms with Gasteiger partial charge in [0.25, 0.3) is 0 Å². The van der Waals surface area contributed by atoms with Crippen LogP contribution in [0.25, 0.3) is 0 Å². The van der Waals surface area contributed by atoms with Crippen molar-refractivity contribution in [2.45, 2.75) is 6.92 Å². The Morgan fingerprint density at radius 2 is 2.11 bits per heavy atom. The molecule has 0 spiro atoms. The summed E-state index contributed by atoms with van der Waals surface area (Å²) >= 11 is 0. The molecule has 1 aromatic heterocycles. The quantitative estimate of drug-likeness (QED) is 0.852. The van der Waals surface area contributed by atoms with Crippen LogP contribution in [0.3, 0.4) is 0 Å². The molecule has 0 saturated carbocycles. The minimum atomic E-state index is -0.309. The molecule has 0 aliphatic heterocycles. The molecular formula is C12H20N4O2. The largest absolute Gasteiger partial charge is 0.450 e. The molecule has 0 aliphatic rings. The van der Waals surface area contributed by atoms with Crippen molar-refractivity contribution in [2.75, 3.05) is 44.4 Å². The van der Waals surface area contributed by atoms with Gasteiger partial charge in [-0.3, -0.25) is 0 Å². The van der Waals surface area contributed by atoms with E-state index in [0.29, 0.717) is 25.4 Å². The number of nitrogen functional groups attached to an aromatic ring is 1. The zero-order valence-electron chi connectivity index (χ0n) is 11.1. The molecule has 0 atom stereocenters. The van der Waals surface area contributed by atoms with Crippen LogP contribution in [0.5, 0.6) is 0 Å². The average molecular weight is 252 g/mol. The summed E-state index contributed by atoms with van der Waals surface area (Å²) in [4.78, 5) is 19.1. The lowest BCUT2D eigenvalue weighted by Crippen LogP contribution is -2.35. The molecule has 1 rings (SSSR count). The molecule has 0 unspecified atom stereocenters. The lowest BCUT2D eigenvalue weighted by molar-refractivity contribution is 0.117. The number of carbonyl (C=O) groups excluding carboxylic acids is 1. The fourth-order valence-corrected chi connectivity index (χ4v) is 1.36. The number of ether oxygens (including phenoxy) is 1. The zero-order valence-corrected chi connectivity index (χ0v) is 11.1. The van der Waals surface area contributed by atoms with Crippen molar-refractivity contribution >= 4 is 17.6 Å². The van der Waals surface area contributed by atoms with Gasteiger partial charge in [0.2, 0.25) is 0 Å². The zero-order chi connectivity index (χ0) is 13.5. The van der Waals surface area contributed by atoms with E-state index < -0.39 is 0 Å². The third-order valence-corrected chi connectivity index (χ3v) is 2.51. The van der Waals surface area contributed by atoms with Gasteiger partial charge in [-0.25, -0.2) is 9.78 Å². The second-order valence-corrected chi connectivity index (χ2v) is 3.99. The molecule has 18 heavy (non-hydrogen) atoms. The van der Waals surface area contributed by atoms with Crippen LogP contribution in [-0.4, -0.2) is 49.8 Å².